The molecular weight excluding hydrogens is 960 g/mol. The average Bonchev–Trinajstić information content (AvgIpc) is 3.90. The molecule has 2 saturated heterocycles. The van der Waals surface area contributed by atoms with Gasteiger partial charge >= 0.3 is 30.4 Å². The van der Waals surface area contributed by atoms with Gasteiger partial charge in [-0.15, -0.1) is 12.4 Å². The maximum Gasteiger partial charge on any atom is 0.400 e. The third-order valence-electron chi connectivity index (χ3n) is 11.5. The lowest BCUT2D eigenvalue weighted by atomic mass is 10.0. The van der Waals surface area contributed by atoms with Crippen LogP contribution < -0.4 is 36.0 Å². The summed E-state index contributed by atoms with van der Waals surface area (Å²) in [6, 6.07) is 6.02. The van der Waals surface area contributed by atoms with E-state index < -0.39 is 55.6 Å². The number of carboxylic acid groups (broad SMARTS) is 1. The van der Waals surface area contributed by atoms with Crippen LogP contribution in [0.4, 0.5) is 70.6 Å². The van der Waals surface area contributed by atoms with Crippen molar-refractivity contribution < 1.29 is 50.6 Å². The highest BCUT2D eigenvalue weighted by Crippen LogP contribution is 2.40. The van der Waals surface area contributed by atoms with E-state index in [1.165, 1.54) is 22.2 Å². The van der Waals surface area contributed by atoms with Crippen LogP contribution in [0.1, 0.15) is 71.2 Å². The standard InChI is InChI=1S/C21H21F3N8O2.C18H18N8O3.C2H4F3N.ClH/c1-11-4-5-13-16(26-11)29-30-17(13)28-20(34)32-12-3-2-8-31(10-12)14-9-25-18(27-19(14)32)15(33)6-7-21(22,23)24;1-9-4-5-11-13(20-9)23-24-14(11)22-18(29)26-10-3-2-6-25(8-10)12-7-19-15(17(27)28)21-16(12)26;3-2(4,5)1-6;/h4-5,9,12H,2-3,6-8,10H2,1H3,(H2,26,28,29,30,34);4-5,7,10H,2-3,6,8H2,1H3,(H,27,28)(H2,20,22,23,24,29);1,6H2;1H/t12-;10-;;/m00../s1. The number of piperidine rings is 2. The molecule has 29 heteroatoms. The van der Waals surface area contributed by atoms with Crippen molar-refractivity contribution >= 4 is 92.9 Å². The number of aromatic nitrogens is 10. The summed E-state index contributed by atoms with van der Waals surface area (Å²) in [6.07, 6.45) is -4.50. The Hall–Kier alpha value is -7.49. The number of hydrogen-bond acceptors (Lipinski definition) is 15. The van der Waals surface area contributed by atoms with Gasteiger partial charge in [0.25, 0.3) is 0 Å². The second kappa shape index (κ2) is 20.2. The van der Waals surface area contributed by atoms with E-state index in [-0.39, 0.29) is 42.0 Å². The minimum absolute atomic E-state index is 0. The summed E-state index contributed by atoms with van der Waals surface area (Å²) in [5.74, 6) is -1.58. The van der Waals surface area contributed by atoms with Crippen LogP contribution in [0.3, 0.4) is 0 Å². The van der Waals surface area contributed by atoms with E-state index in [4.69, 9.17) is 0 Å². The fourth-order valence-corrected chi connectivity index (χ4v) is 8.29. The number of aryl methyl sites for hydroxylation is 2. The summed E-state index contributed by atoms with van der Waals surface area (Å²) in [7, 11) is 0. The molecule has 0 aromatic carbocycles. The monoisotopic (exact) mass is 1000 g/mol. The number of amides is 4. The third kappa shape index (κ3) is 11.0. The number of carboxylic acids is 1. The van der Waals surface area contributed by atoms with Gasteiger partial charge in [-0.2, -0.15) is 36.5 Å². The fraction of sp³-hybridized carbons (Fsp3) is 0.415. The SMILES string of the molecule is Cc1ccc2c(NC(=O)N3c4nc(C(=O)CCC(F)(F)F)ncc4N4CCC[C@H]3C4)n[nH]c2n1.Cc1ccc2c(NC(=O)N3c4nc(C(=O)O)ncc4N4CCC[C@H]3C4)n[nH]c2n1.Cl.NCC(F)(F)F. The summed E-state index contributed by atoms with van der Waals surface area (Å²) in [4.78, 5) is 82.5. The van der Waals surface area contributed by atoms with E-state index in [9.17, 15) is 50.6 Å². The number of urea groups is 2. The molecular formula is C41H44ClF6N17O5. The minimum Gasteiger partial charge on any atom is -0.475 e. The van der Waals surface area contributed by atoms with Crippen molar-refractivity contribution in [2.45, 2.75) is 76.8 Å². The van der Waals surface area contributed by atoms with Crippen LogP contribution >= 0.6 is 12.4 Å². The molecule has 2 atom stereocenters. The minimum atomic E-state index is -4.46. The molecule has 7 N–H and O–H groups in total. The van der Waals surface area contributed by atoms with Gasteiger partial charge < -0.3 is 20.6 Å². The van der Waals surface area contributed by atoms with Gasteiger partial charge in [-0.1, -0.05) is 0 Å². The van der Waals surface area contributed by atoms with Crippen LogP contribution in [-0.2, 0) is 0 Å². The molecule has 4 aliphatic heterocycles. The van der Waals surface area contributed by atoms with Crippen molar-refractivity contribution in [1.82, 2.24) is 50.3 Å². The zero-order chi connectivity index (χ0) is 49.4. The van der Waals surface area contributed by atoms with Crippen LogP contribution in [0.25, 0.3) is 22.1 Å². The Morgan fingerprint density at radius 3 is 1.59 bits per heavy atom. The number of nitrogens with two attached hydrogens (primary N) is 1. The fourth-order valence-electron chi connectivity index (χ4n) is 8.29. The maximum absolute atomic E-state index is 13.4. The van der Waals surface area contributed by atoms with Crippen LogP contribution in [0.15, 0.2) is 36.7 Å². The molecule has 0 unspecified atom stereocenters. The summed E-state index contributed by atoms with van der Waals surface area (Å²) < 4.78 is 69.7. The van der Waals surface area contributed by atoms with Crippen molar-refractivity contribution in [3.63, 3.8) is 0 Å². The normalized spacial score (nSPS) is 17.0. The van der Waals surface area contributed by atoms with Gasteiger partial charge in [-0.25, -0.2) is 44.3 Å². The number of fused-ring (bicyclic) bond motifs is 10. The highest BCUT2D eigenvalue weighted by molar-refractivity contribution is 6.09. The third-order valence-corrected chi connectivity index (χ3v) is 11.5. The number of H-pyrrole nitrogens is 2. The lowest BCUT2D eigenvalue weighted by Gasteiger charge is -2.45. The molecule has 10 heterocycles. The Kier molecular flexibility index (Phi) is 14.6. The number of anilines is 6. The van der Waals surface area contributed by atoms with Gasteiger partial charge in [0.1, 0.15) is 0 Å². The predicted octanol–water partition coefficient (Wildman–Crippen LogP) is 6.31. The second-order valence-electron chi connectivity index (χ2n) is 16.4. The number of Topliss-reactive ketones (excluding diaryl/α,β-unsaturated/α-hetero) is 1. The molecule has 6 aromatic heterocycles. The first-order valence-corrected chi connectivity index (χ1v) is 21.4. The quantitative estimate of drug-likeness (QED) is 0.0788. The number of nitrogens with one attached hydrogen (secondary N) is 4. The van der Waals surface area contributed by atoms with Gasteiger partial charge in [0.2, 0.25) is 5.82 Å². The number of aromatic amines is 2. The topological polar surface area (TPSA) is 286 Å². The van der Waals surface area contributed by atoms with Gasteiger partial charge in [-0.3, -0.25) is 35.4 Å². The highest BCUT2D eigenvalue weighted by Gasteiger charge is 2.41. The van der Waals surface area contributed by atoms with Crippen LogP contribution in [0.5, 0.6) is 0 Å². The zero-order valence-electron chi connectivity index (χ0n) is 37.1. The van der Waals surface area contributed by atoms with E-state index in [0.717, 1.165) is 43.7 Å². The predicted molar refractivity (Wildman–Crippen MR) is 244 cm³/mol. The Balaban J connectivity index is 0.000000184. The van der Waals surface area contributed by atoms with Crippen LogP contribution in [0, 0.1) is 13.8 Å². The van der Waals surface area contributed by atoms with E-state index in [2.05, 4.69) is 71.6 Å². The summed E-state index contributed by atoms with van der Waals surface area (Å²) in [6.45, 7) is 5.25. The molecule has 4 aliphatic rings. The molecule has 0 aliphatic carbocycles. The molecule has 2 fully saturated rings. The first-order chi connectivity index (χ1) is 32.8. The van der Waals surface area contributed by atoms with Crippen molar-refractivity contribution in [1.29, 1.82) is 0 Å². The average molecular weight is 1000 g/mol. The number of hydrogen-bond donors (Lipinski definition) is 6. The van der Waals surface area contributed by atoms with Crippen molar-refractivity contribution in [2.75, 3.05) is 63.0 Å². The van der Waals surface area contributed by atoms with Gasteiger partial charge in [0.05, 0.1) is 59.6 Å². The van der Waals surface area contributed by atoms with Crippen molar-refractivity contribution in [2.24, 2.45) is 5.73 Å². The number of ketones is 1. The molecule has 0 radical (unpaired) electrons. The maximum atomic E-state index is 13.4. The highest BCUT2D eigenvalue weighted by atomic mass is 35.5. The number of carbonyl (C=O) groups is 4. The molecule has 6 aromatic rings. The van der Waals surface area contributed by atoms with Gasteiger partial charge in [-0.05, 0) is 63.8 Å². The zero-order valence-corrected chi connectivity index (χ0v) is 37.9. The summed E-state index contributed by atoms with van der Waals surface area (Å²) >= 11 is 0. The Morgan fingerprint density at radius 2 is 1.16 bits per heavy atom. The van der Waals surface area contributed by atoms with E-state index in [1.54, 1.807) is 12.1 Å². The summed E-state index contributed by atoms with van der Waals surface area (Å²) in [5, 5.41) is 30.1. The summed E-state index contributed by atoms with van der Waals surface area (Å²) in [5.41, 5.74) is 8.13. The van der Waals surface area contributed by atoms with Crippen molar-refractivity contribution in [3.8, 4) is 0 Å². The number of pyridine rings is 2. The second-order valence-corrected chi connectivity index (χ2v) is 16.4. The van der Waals surface area contributed by atoms with Crippen molar-refractivity contribution in [3.05, 3.63) is 59.7 Å². The lowest BCUT2D eigenvalue weighted by molar-refractivity contribution is -0.133. The van der Waals surface area contributed by atoms with Gasteiger partial charge in [0, 0.05) is 44.0 Å². The van der Waals surface area contributed by atoms with Gasteiger partial charge in [0.15, 0.2) is 46.2 Å². The molecule has 4 amide bonds. The van der Waals surface area contributed by atoms with E-state index in [0.29, 0.717) is 70.4 Å². The largest absolute Gasteiger partial charge is 0.475 e. The van der Waals surface area contributed by atoms with E-state index in [1.807, 2.05) is 30.9 Å². The Morgan fingerprint density at radius 1 is 0.714 bits per heavy atom. The lowest BCUT2D eigenvalue weighted by Crippen LogP contribution is -2.56. The number of carbonyl (C=O) groups excluding carboxylic acids is 3. The Bertz CT molecular complexity index is 2930. The molecule has 70 heavy (non-hydrogen) atoms. The molecule has 4 bridgehead atoms. The first kappa shape index (κ1) is 50.4. The molecule has 22 nitrogen and oxygen atoms in total. The molecule has 10 rings (SSSR count). The number of rotatable bonds is 6. The molecule has 0 saturated carbocycles. The van der Waals surface area contributed by atoms with Crippen LogP contribution in [-0.4, -0.2) is 136 Å². The number of halogens is 7. The number of alkyl halides is 6. The smallest absolute Gasteiger partial charge is 0.400 e. The molecule has 0 spiro atoms. The number of aromatic carboxylic acids is 1. The van der Waals surface area contributed by atoms with E-state index >= 15 is 0 Å². The molecule has 372 valence electrons. The van der Waals surface area contributed by atoms with Crippen LogP contribution in [0.2, 0.25) is 0 Å². The number of nitrogens with zero attached hydrogens (tertiary/aromatic N) is 12. The Labute approximate surface area is 398 Å². The first-order valence-electron chi connectivity index (χ1n) is 21.4.